The molecule has 7 nitrogen and oxygen atoms in total. The molecule has 3 aromatic rings. The first-order valence-corrected chi connectivity index (χ1v) is 8.37. The van der Waals surface area contributed by atoms with Gasteiger partial charge in [-0.25, -0.2) is 9.37 Å². The Labute approximate surface area is 160 Å². The van der Waals surface area contributed by atoms with E-state index in [9.17, 15) is 19.1 Å². The largest absolute Gasteiger partial charge is 0.501 e. The third-order valence-corrected chi connectivity index (χ3v) is 4.20. The molecular weight excluding hydrogens is 365 g/mol. The van der Waals surface area contributed by atoms with Crippen molar-refractivity contribution in [2.24, 2.45) is 7.05 Å². The van der Waals surface area contributed by atoms with Crippen molar-refractivity contribution in [3.05, 3.63) is 76.0 Å². The van der Waals surface area contributed by atoms with Gasteiger partial charge in [0.25, 0.3) is 11.5 Å². The zero-order valence-corrected chi connectivity index (χ0v) is 15.3. The van der Waals surface area contributed by atoms with Gasteiger partial charge >= 0.3 is 0 Å². The van der Waals surface area contributed by atoms with Gasteiger partial charge in [0.1, 0.15) is 17.4 Å². The molecule has 0 saturated carbocycles. The van der Waals surface area contributed by atoms with Crippen LogP contribution in [0.1, 0.15) is 16.1 Å². The molecule has 0 unspecified atom stereocenters. The van der Waals surface area contributed by atoms with Crippen LogP contribution in [0.3, 0.4) is 0 Å². The van der Waals surface area contributed by atoms with E-state index in [4.69, 9.17) is 4.74 Å². The topological polar surface area (TPSA) is 93.5 Å². The van der Waals surface area contributed by atoms with Crippen molar-refractivity contribution in [3.63, 3.8) is 0 Å². The van der Waals surface area contributed by atoms with Crippen LogP contribution in [0.2, 0.25) is 0 Å². The summed E-state index contributed by atoms with van der Waals surface area (Å²) in [5, 5.41) is 12.7. The van der Waals surface area contributed by atoms with Crippen LogP contribution in [0.5, 0.6) is 11.5 Å². The molecule has 3 rings (SSSR count). The molecule has 8 heteroatoms. The second-order valence-corrected chi connectivity index (χ2v) is 6.03. The monoisotopic (exact) mass is 383 g/mol. The van der Waals surface area contributed by atoms with E-state index in [2.05, 4.69) is 10.3 Å². The molecule has 1 aromatic heterocycles. The molecule has 0 atom stereocenters. The number of carbonyl (C=O) groups excluding carboxylic acids is 1. The number of hydrogen-bond acceptors (Lipinski definition) is 5. The highest BCUT2D eigenvalue weighted by Gasteiger charge is 2.20. The molecule has 2 N–H and O–H groups in total. The van der Waals surface area contributed by atoms with Crippen molar-refractivity contribution in [1.82, 2.24) is 14.9 Å². The van der Waals surface area contributed by atoms with Gasteiger partial charge in [0, 0.05) is 19.2 Å². The average molecular weight is 383 g/mol. The van der Waals surface area contributed by atoms with Gasteiger partial charge in [0.05, 0.1) is 7.11 Å². The Balaban J connectivity index is 1.91. The first kappa shape index (κ1) is 19.1. The lowest BCUT2D eigenvalue weighted by atomic mass is 10.2. The molecule has 2 aromatic carbocycles. The standard InChI is InChI=1S/C20H18FN3O4/c1-24-18(13-5-9-15(28-2)10-6-13)23-16(17(25)20(24)27)19(26)22-11-12-3-7-14(21)8-4-12/h3-10,25H,11H2,1-2H3,(H,22,26). The van der Waals surface area contributed by atoms with Gasteiger partial charge in [-0.15, -0.1) is 0 Å². The van der Waals surface area contributed by atoms with Crippen molar-refractivity contribution >= 4 is 5.91 Å². The summed E-state index contributed by atoms with van der Waals surface area (Å²) in [5.41, 5.74) is 0.116. The molecular formula is C20H18FN3O4. The Morgan fingerprint density at radius 1 is 1.18 bits per heavy atom. The summed E-state index contributed by atoms with van der Waals surface area (Å²) < 4.78 is 19.2. The van der Waals surface area contributed by atoms with Gasteiger partial charge in [-0.2, -0.15) is 0 Å². The van der Waals surface area contributed by atoms with Crippen LogP contribution in [0.15, 0.2) is 53.3 Å². The third kappa shape index (κ3) is 3.85. The predicted octanol–water partition coefficient (Wildman–Crippen LogP) is 2.23. The maximum atomic E-state index is 13.0. The minimum Gasteiger partial charge on any atom is -0.501 e. The van der Waals surface area contributed by atoms with Gasteiger partial charge in [0.15, 0.2) is 5.69 Å². The average Bonchev–Trinajstić information content (AvgIpc) is 2.72. The minimum atomic E-state index is -0.743. The molecule has 0 fully saturated rings. The van der Waals surface area contributed by atoms with Gasteiger partial charge < -0.3 is 15.2 Å². The van der Waals surface area contributed by atoms with Crippen molar-refractivity contribution in [1.29, 1.82) is 0 Å². The lowest BCUT2D eigenvalue weighted by Crippen LogP contribution is -2.29. The number of halogens is 1. The van der Waals surface area contributed by atoms with Crippen LogP contribution >= 0.6 is 0 Å². The number of nitrogens with zero attached hydrogens (tertiary/aromatic N) is 2. The summed E-state index contributed by atoms with van der Waals surface area (Å²) >= 11 is 0. The Hall–Kier alpha value is -3.68. The number of hydrogen-bond donors (Lipinski definition) is 2. The smallest absolute Gasteiger partial charge is 0.296 e. The summed E-state index contributed by atoms with van der Waals surface area (Å²) in [7, 11) is 2.99. The van der Waals surface area contributed by atoms with E-state index in [1.54, 1.807) is 24.3 Å². The van der Waals surface area contributed by atoms with Crippen LogP contribution < -0.4 is 15.6 Å². The summed E-state index contributed by atoms with van der Waals surface area (Å²) in [6.07, 6.45) is 0. The number of amides is 1. The summed E-state index contributed by atoms with van der Waals surface area (Å²) in [5.74, 6) is -0.988. The number of aromatic nitrogens is 2. The lowest BCUT2D eigenvalue weighted by Gasteiger charge is -2.12. The van der Waals surface area contributed by atoms with E-state index >= 15 is 0 Å². The van der Waals surface area contributed by atoms with Crippen LogP contribution in [0.25, 0.3) is 11.4 Å². The molecule has 1 heterocycles. The second kappa shape index (κ2) is 7.91. The highest BCUT2D eigenvalue weighted by Crippen LogP contribution is 2.22. The normalized spacial score (nSPS) is 10.5. The number of benzene rings is 2. The van der Waals surface area contributed by atoms with E-state index < -0.39 is 17.2 Å². The third-order valence-electron chi connectivity index (χ3n) is 4.20. The molecule has 0 aliphatic carbocycles. The number of carbonyl (C=O) groups is 1. The fraction of sp³-hybridized carbons (Fsp3) is 0.150. The second-order valence-electron chi connectivity index (χ2n) is 6.03. The van der Waals surface area contributed by atoms with Crippen LogP contribution in [0.4, 0.5) is 4.39 Å². The highest BCUT2D eigenvalue weighted by atomic mass is 19.1. The molecule has 0 saturated heterocycles. The van der Waals surface area contributed by atoms with Crippen LogP contribution in [-0.2, 0) is 13.6 Å². The quantitative estimate of drug-likeness (QED) is 0.705. The zero-order chi connectivity index (χ0) is 20.3. The van der Waals surface area contributed by atoms with Gasteiger partial charge in [-0.1, -0.05) is 12.1 Å². The molecule has 0 aliphatic rings. The first-order valence-electron chi connectivity index (χ1n) is 8.37. The molecule has 144 valence electrons. The van der Waals surface area contributed by atoms with Gasteiger partial charge in [-0.3, -0.25) is 14.2 Å². The van der Waals surface area contributed by atoms with Crippen molar-refractivity contribution in [2.75, 3.05) is 7.11 Å². The minimum absolute atomic E-state index is 0.0906. The Kier molecular flexibility index (Phi) is 5.39. The van der Waals surface area contributed by atoms with E-state index in [0.717, 1.165) is 4.57 Å². The Morgan fingerprint density at radius 2 is 1.82 bits per heavy atom. The number of nitrogens with one attached hydrogen (secondary N) is 1. The predicted molar refractivity (Wildman–Crippen MR) is 101 cm³/mol. The maximum absolute atomic E-state index is 13.0. The molecule has 1 amide bonds. The number of rotatable bonds is 5. The molecule has 0 spiro atoms. The van der Waals surface area contributed by atoms with E-state index in [1.807, 2.05) is 0 Å². The number of ether oxygens (including phenoxy) is 1. The Morgan fingerprint density at radius 3 is 2.43 bits per heavy atom. The van der Waals surface area contributed by atoms with E-state index in [0.29, 0.717) is 16.9 Å². The van der Waals surface area contributed by atoms with Crippen molar-refractivity contribution in [2.45, 2.75) is 6.54 Å². The first-order chi connectivity index (χ1) is 13.4. The van der Waals surface area contributed by atoms with E-state index in [-0.39, 0.29) is 23.9 Å². The Bertz CT molecular complexity index is 1060. The fourth-order valence-corrected chi connectivity index (χ4v) is 2.62. The number of methoxy groups -OCH3 is 1. The van der Waals surface area contributed by atoms with Crippen molar-refractivity contribution < 1.29 is 19.0 Å². The summed E-state index contributed by atoms with van der Waals surface area (Å²) in [4.78, 5) is 29.0. The lowest BCUT2D eigenvalue weighted by molar-refractivity contribution is 0.0942. The van der Waals surface area contributed by atoms with Gasteiger partial charge in [0.2, 0.25) is 5.75 Å². The van der Waals surface area contributed by atoms with Crippen LogP contribution in [0, 0.1) is 5.82 Å². The summed E-state index contributed by atoms with van der Waals surface area (Å²) in [6, 6.07) is 12.4. The zero-order valence-electron chi connectivity index (χ0n) is 15.3. The highest BCUT2D eigenvalue weighted by molar-refractivity contribution is 5.95. The van der Waals surface area contributed by atoms with Gasteiger partial charge in [-0.05, 0) is 42.0 Å². The molecule has 0 bridgehead atoms. The fourth-order valence-electron chi connectivity index (χ4n) is 2.62. The van der Waals surface area contributed by atoms with E-state index in [1.165, 1.54) is 38.4 Å². The van der Waals surface area contributed by atoms with Crippen LogP contribution in [-0.4, -0.2) is 27.7 Å². The number of aromatic hydroxyl groups is 1. The maximum Gasteiger partial charge on any atom is 0.296 e. The van der Waals surface area contributed by atoms with Crippen molar-refractivity contribution in [3.8, 4) is 22.9 Å². The molecule has 0 aliphatic heterocycles. The summed E-state index contributed by atoms with van der Waals surface area (Å²) in [6.45, 7) is 0.0906. The molecule has 0 radical (unpaired) electrons. The molecule has 28 heavy (non-hydrogen) atoms. The SMILES string of the molecule is COc1ccc(-c2nc(C(=O)NCc3ccc(F)cc3)c(O)c(=O)n2C)cc1.